The van der Waals surface area contributed by atoms with Crippen LogP contribution in [-0.2, 0) is 4.79 Å². The largest absolute Gasteiger partial charge is 0.481 e. The van der Waals surface area contributed by atoms with E-state index in [-0.39, 0.29) is 23.9 Å². The number of carboxylic acid groups (broad SMARTS) is 1. The summed E-state index contributed by atoms with van der Waals surface area (Å²) >= 11 is 0. The average Bonchev–Trinajstić information content (AvgIpc) is 2.33. The van der Waals surface area contributed by atoms with Crippen LogP contribution in [0.15, 0.2) is 0 Å². The molecule has 0 saturated carbocycles. The Kier molecular flexibility index (Phi) is 6.43. The normalized spacial score (nSPS) is 26.4. The van der Waals surface area contributed by atoms with Gasteiger partial charge in [0, 0.05) is 32.2 Å². The van der Waals surface area contributed by atoms with E-state index in [0.717, 1.165) is 26.1 Å². The first-order valence-electron chi connectivity index (χ1n) is 7.53. The quantitative estimate of drug-likeness (QED) is 0.683. The lowest BCUT2D eigenvalue weighted by Crippen LogP contribution is -2.52. The summed E-state index contributed by atoms with van der Waals surface area (Å²) in [6.45, 7) is 11.5. The van der Waals surface area contributed by atoms with Gasteiger partial charge in [-0.1, -0.05) is 20.8 Å². The SMILES string of the molecule is CC(O)C1CC(NCC(C)(C)C)CN(CCC(=O)O)C1. The van der Waals surface area contributed by atoms with Gasteiger partial charge in [0.05, 0.1) is 12.5 Å². The van der Waals surface area contributed by atoms with Gasteiger partial charge in [0.2, 0.25) is 0 Å². The van der Waals surface area contributed by atoms with E-state index in [1.807, 2.05) is 6.92 Å². The fourth-order valence-electron chi connectivity index (χ4n) is 2.62. The van der Waals surface area contributed by atoms with Gasteiger partial charge in [-0.3, -0.25) is 4.79 Å². The number of hydrogen-bond donors (Lipinski definition) is 3. The van der Waals surface area contributed by atoms with Crippen LogP contribution in [0.3, 0.4) is 0 Å². The third-order valence-corrected chi connectivity index (χ3v) is 3.80. The molecule has 1 aliphatic rings. The first-order chi connectivity index (χ1) is 9.17. The Labute approximate surface area is 122 Å². The van der Waals surface area contributed by atoms with Crippen LogP contribution in [0.2, 0.25) is 0 Å². The van der Waals surface area contributed by atoms with Crippen molar-refractivity contribution in [2.75, 3.05) is 26.2 Å². The highest BCUT2D eigenvalue weighted by Crippen LogP contribution is 2.21. The molecule has 118 valence electrons. The van der Waals surface area contributed by atoms with Crippen LogP contribution in [0.5, 0.6) is 0 Å². The van der Waals surface area contributed by atoms with Crippen LogP contribution in [0, 0.1) is 11.3 Å². The molecule has 0 aliphatic carbocycles. The van der Waals surface area contributed by atoms with E-state index < -0.39 is 5.97 Å². The van der Waals surface area contributed by atoms with E-state index in [0.29, 0.717) is 12.6 Å². The summed E-state index contributed by atoms with van der Waals surface area (Å²) in [5, 5.41) is 22.2. The number of carboxylic acids is 1. The minimum atomic E-state index is -0.761. The Morgan fingerprint density at radius 3 is 2.55 bits per heavy atom. The van der Waals surface area contributed by atoms with Crippen molar-refractivity contribution in [3.8, 4) is 0 Å². The Morgan fingerprint density at radius 2 is 2.05 bits per heavy atom. The van der Waals surface area contributed by atoms with Gasteiger partial charge >= 0.3 is 5.97 Å². The van der Waals surface area contributed by atoms with Crippen LogP contribution in [-0.4, -0.2) is 59.4 Å². The van der Waals surface area contributed by atoms with E-state index in [1.165, 1.54) is 0 Å². The third kappa shape index (κ3) is 6.68. The molecule has 1 aliphatic heterocycles. The molecule has 0 aromatic rings. The van der Waals surface area contributed by atoms with Gasteiger partial charge in [-0.25, -0.2) is 0 Å². The standard InChI is InChI=1S/C15H30N2O3/c1-11(18)12-7-13(16-10-15(2,3)4)9-17(8-12)6-5-14(19)20/h11-13,16,18H,5-10H2,1-4H3,(H,19,20). The lowest BCUT2D eigenvalue weighted by Gasteiger charge is -2.40. The zero-order valence-corrected chi connectivity index (χ0v) is 13.2. The Balaban J connectivity index is 2.53. The molecule has 1 rings (SSSR count). The number of piperidine rings is 1. The Morgan fingerprint density at radius 1 is 1.40 bits per heavy atom. The molecule has 1 saturated heterocycles. The van der Waals surface area contributed by atoms with E-state index in [9.17, 15) is 9.90 Å². The molecule has 3 N–H and O–H groups in total. The van der Waals surface area contributed by atoms with Crippen LogP contribution in [0.4, 0.5) is 0 Å². The molecule has 0 aromatic heterocycles. The molecule has 0 spiro atoms. The molecule has 1 heterocycles. The van der Waals surface area contributed by atoms with Crippen molar-refractivity contribution in [2.24, 2.45) is 11.3 Å². The lowest BCUT2D eigenvalue weighted by atomic mass is 9.89. The molecular formula is C15H30N2O3. The maximum Gasteiger partial charge on any atom is 0.304 e. The van der Waals surface area contributed by atoms with Crippen molar-refractivity contribution in [3.05, 3.63) is 0 Å². The summed E-state index contributed by atoms with van der Waals surface area (Å²) in [6.07, 6.45) is 0.775. The van der Waals surface area contributed by atoms with E-state index in [2.05, 4.69) is 31.0 Å². The van der Waals surface area contributed by atoms with Crippen molar-refractivity contribution < 1.29 is 15.0 Å². The van der Waals surface area contributed by atoms with Crippen molar-refractivity contribution in [3.63, 3.8) is 0 Å². The number of aliphatic carboxylic acids is 1. The number of hydrogen-bond acceptors (Lipinski definition) is 4. The first kappa shape index (κ1) is 17.4. The maximum absolute atomic E-state index is 10.7. The number of aliphatic hydroxyl groups excluding tert-OH is 1. The van der Waals surface area contributed by atoms with Crippen LogP contribution in [0.25, 0.3) is 0 Å². The molecule has 5 nitrogen and oxygen atoms in total. The minimum Gasteiger partial charge on any atom is -0.481 e. The second-order valence-electron chi connectivity index (χ2n) is 7.28. The molecule has 0 bridgehead atoms. The zero-order chi connectivity index (χ0) is 15.3. The van der Waals surface area contributed by atoms with Crippen molar-refractivity contribution >= 4 is 5.97 Å². The van der Waals surface area contributed by atoms with E-state index >= 15 is 0 Å². The molecule has 0 amide bonds. The molecule has 5 heteroatoms. The molecular weight excluding hydrogens is 256 g/mol. The average molecular weight is 286 g/mol. The van der Waals surface area contributed by atoms with Crippen molar-refractivity contribution in [2.45, 2.75) is 52.7 Å². The first-order valence-corrected chi connectivity index (χ1v) is 7.53. The van der Waals surface area contributed by atoms with Gasteiger partial charge in [-0.2, -0.15) is 0 Å². The smallest absolute Gasteiger partial charge is 0.304 e. The number of nitrogens with zero attached hydrogens (tertiary/aromatic N) is 1. The second kappa shape index (κ2) is 7.38. The summed E-state index contributed by atoms with van der Waals surface area (Å²) < 4.78 is 0. The van der Waals surface area contributed by atoms with E-state index in [1.54, 1.807) is 0 Å². The maximum atomic E-state index is 10.7. The lowest BCUT2D eigenvalue weighted by molar-refractivity contribution is -0.137. The van der Waals surface area contributed by atoms with Gasteiger partial charge in [0.15, 0.2) is 0 Å². The predicted molar refractivity (Wildman–Crippen MR) is 79.7 cm³/mol. The third-order valence-electron chi connectivity index (χ3n) is 3.80. The van der Waals surface area contributed by atoms with Gasteiger partial charge in [0.1, 0.15) is 0 Å². The summed E-state index contributed by atoms with van der Waals surface area (Å²) in [5.74, 6) is -0.543. The highest BCUT2D eigenvalue weighted by atomic mass is 16.4. The fraction of sp³-hybridized carbons (Fsp3) is 0.933. The van der Waals surface area contributed by atoms with Gasteiger partial charge in [-0.15, -0.1) is 0 Å². The van der Waals surface area contributed by atoms with Crippen LogP contribution in [0.1, 0.15) is 40.5 Å². The summed E-state index contributed by atoms with van der Waals surface area (Å²) in [5.41, 5.74) is 0.226. The van der Waals surface area contributed by atoms with Crippen LogP contribution < -0.4 is 5.32 Å². The highest BCUT2D eigenvalue weighted by Gasteiger charge is 2.30. The summed E-state index contributed by atoms with van der Waals surface area (Å²) in [4.78, 5) is 12.9. The second-order valence-corrected chi connectivity index (χ2v) is 7.28. The molecule has 1 fully saturated rings. The summed E-state index contributed by atoms with van der Waals surface area (Å²) in [6, 6.07) is 0.330. The van der Waals surface area contributed by atoms with Gasteiger partial charge in [-0.05, 0) is 24.7 Å². The van der Waals surface area contributed by atoms with Crippen molar-refractivity contribution in [1.29, 1.82) is 0 Å². The van der Waals surface area contributed by atoms with Gasteiger partial charge in [0.25, 0.3) is 0 Å². The zero-order valence-electron chi connectivity index (χ0n) is 13.2. The molecule has 3 atom stereocenters. The number of carbonyl (C=O) groups is 1. The number of aliphatic hydroxyl groups is 1. The molecule has 0 radical (unpaired) electrons. The minimum absolute atomic E-state index is 0.165. The monoisotopic (exact) mass is 286 g/mol. The van der Waals surface area contributed by atoms with Crippen molar-refractivity contribution in [1.82, 2.24) is 10.2 Å². The topological polar surface area (TPSA) is 72.8 Å². The van der Waals surface area contributed by atoms with Gasteiger partial charge < -0.3 is 20.4 Å². The van der Waals surface area contributed by atoms with Crippen LogP contribution >= 0.6 is 0 Å². The number of rotatable bonds is 6. The predicted octanol–water partition coefficient (Wildman–Crippen LogP) is 1.17. The van der Waals surface area contributed by atoms with E-state index in [4.69, 9.17) is 5.11 Å². The fourth-order valence-corrected chi connectivity index (χ4v) is 2.62. The molecule has 0 aromatic carbocycles. The number of nitrogens with one attached hydrogen (secondary N) is 1. The summed E-state index contributed by atoms with van der Waals surface area (Å²) in [7, 11) is 0. The molecule has 3 unspecified atom stereocenters. The highest BCUT2D eigenvalue weighted by molar-refractivity contribution is 5.66. The Hall–Kier alpha value is -0.650. The number of likely N-dealkylation sites (tertiary alicyclic amines) is 1. The molecule has 20 heavy (non-hydrogen) atoms. The Bertz CT molecular complexity index is 313.